The first-order valence-corrected chi connectivity index (χ1v) is 7.57. The van der Waals surface area contributed by atoms with Gasteiger partial charge in [0.1, 0.15) is 0 Å². The van der Waals surface area contributed by atoms with Crippen molar-refractivity contribution < 1.29 is 29.8 Å². The third-order valence-corrected chi connectivity index (χ3v) is 3.69. The van der Waals surface area contributed by atoms with Crippen LogP contribution in [0.4, 0.5) is 4.79 Å². The van der Waals surface area contributed by atoms with Crippen LogP contribution < -0.4 is 0 Å². The van der Waals surface area contributed by atoms with Gasteiger partial charge in [-0.15, -0.1) is 0 Å². The molecule has 0 unspecified atom stereocenters. The van der Waals surface area contributed by atoms with Gasteiger partial charge in [0.2, 0.25) is 0 Å². The van der Waals surface area contributed by atoms with E-state index in [1.165, 1.54) is 4.90 Å². The molecule has 0 fully saturated rings. The van der Waals surface area contributed by atoms with E-state index in [2.05, 4.69) is 15.9 Å². The molecule has 0 saturated carbocycles. The van der Waals surface area contributed by atoms with Gasteiger partial charge < -0.3 is 0 Å². The molecule has 2 rings (SSSR count). The molecule has 0 aliphatic carbocycles. The summed E-state index contributed by atoms with van der Waals surface area (Å²) < 4.78 is 11.5. The number of carbonyl (C=O) groups excluding carboxylic acids is 1. The molecular weight excluding hydrogens is 318 g/mol. The van der Waals surface area contributed by atoms with E-state index in [9.17, 15) is 4.79 Å². The molecule has 0 radical (unpaired) electrons. The number of amides is 1. The van der Waals surface area contributed by atoms with E-state index in [1.54, 1.807) is 13.3 Å². The second-order valence-corrected chi connectivity index (χ2v) is 6.47. The second-order valence-electron chi connectivity index (χ2n) is 5.87. The molecular formula is C17H19CrNO3. The van der Waals surface area contributed by atoms with E-state index in [-0.39, 0.29) is 0 Å². The number of benzene rings is 1. The van der Waals surface area contributed by atoms with Gasteiger partial charge >= 0.3 is 138 Å². The molecule has 1 heterocycles. The molecule has 0 bridgehead atoms. The minimum atomic E-state index is -0.536. The van der Waals surface area contributed by atoms with E-state index in [4.69, 9.17) is 9.15 Å². The number of rotatable bonds is 3. The van der Waals surface area contributed by atoms with Crippen molar-refractivity contribution in [2.75, 3.05) is 7.05 Å². The van der Waals surface area contributed by atoms with Gasteiger partial charge in [-0.25, -0.2) is 0 Å². The van der Waals surface area contributed by atoms with Gasteiger partial charge in [-0.2, -0.15) is 0 Å². The molecule has 22 heavy (non-hydrogen) atoms. The van der Waals surface area contributed by atoms with Crippen molar-refractivity contribution in [1.82, 2.24) is 4.90 Å². The molecule has 1 aromatic carbocycles. The molecule has 4 nitrogen and oxygen atoms in total. The molecule has 1 aromatic heterocycles. The van der Waals surface area contributed by atoms with Gasteiger partial charge in [0.15, 0.2) is 0 Å². The van der Waals surface area contributed by atoms with Crippen molar-refractivity contribution in [2.45, 2.75) is 26.4 Å². The number of furan rings is 1. The van der Waals surface area contributed by atoms with Gasteiger partial charge in [-0.1, -0.05) is 0 Å². The minimum absolute atomic E-state index is 0.407. The molecule has 5 heteroatoms. The van der Waals surface area contributed by atoms with Gasteiger partial charge in [0.25, 0.3) is 0 Å². The fraction of sp³-hybridized carbons (Fsp3) is 0.294. The van der Waals surface area contributed by atoms with Crippen LogP contribution in [0.15, 0.2) is 47.1 Å². The first kappa shape index (κ1) is 16.5. The maximum absolute atomic E-state index is 12.2. The van der Waals surface area contributed by atoms with Crippen molar-refractivity contribution in [3.05, 3.63) is 48.2 Å². The zero-order valence-corrected chi connectivity index (χ0v) is 14.4. The SMILES string of the molecule is CN(C(=O)OC(C)(C)C)[C](=[Cr])c1ccccc1-c1ccco1. The Balaban J connectivity index is 2.29. The van der Waals surface area contributed by atoms with Crippen molar-refractivity contribution in [2.24, 2.45) is 0 Å². The topological polar surface area (TPSA) is 42.7 Å². The van der Waals surface area contributed by atoms with Crippen LogP contribution in [0.3, 0.4) is 0 Å². The van der Waals surface area contributed by atoms with Crippen molar-refractivity contribution in [3.8, 4) is 11.3 Å². The number of carbonyl (C=O) groups is 1. The fourth-order valence-corrected chi connectivity index (χ4v) is 2.30. The molecule has 116 valence electrons. The number of ether oxygens (including phenoxy) is 1. The molecule has 0 saturated heterocycles. The summed E-state index contributed by atoms with van der Waals surface area (Å²) in [4.78, 5) is 13.7. The Morgan fingerprint density at radius 2 is 1.86 bits per heavy atom. The Morgan fingerprint density at radius 1 is 1.18 bits per heavy atom. The van der Waals surface area contributed by atoms with Crippen molar-refractivity contribution >= 4 is 10.6 Å². The van der Waals surface area contributed by atoms with Gasteiger partial charge in [0.05, 0.1) is 0 Å². The summed E-state index contributed by atoms with van der Waals surface area (Å²) in [5.74, 6) is 0.751. The van der Waals surface area contributed by atoms with Gasteiger partial charge in [-0.3, -0.25) is 0 Å². The van der Waals surface area contributed by atoms with E-state index in [1.807, 2.05) is 57.2 Å². The van der Waals surface area contributed by atoms with E-state index < -0.39 is 11.7 Å². The predicted octanol–water partition coefficient (Wildman–Crippen LogP) is 3.84. The van der Waals surface area contributed by atoms with Gasteiger partial charge in [-0.05, 0) is 0 Å². The first-order chi connectivity index (χ1) is 10.3. The molecule has 0 N–H and O–H groups in total. The summed E-state index contributed by atoms with van der Waals surface area (Å²) in [5.41, 5.74) is 1.26. The summed E-state index contributed by atoms with van der Waals surface area (Å²) in [5, 5.41) is 0. The predicted molar refractivity (Wildman–Crippen MR) is 82.3 cm³/mol. The van der Waals surface area contributed by atoms with Crippen LogP contribution in [-0.4, -0.2) is 28.1 Å². The summed E-state index contributed by atoms with van der Waals surface area (Å²) in [6, 6.07) is 11.5. The maximum atomic E-state index is 12.2. The quantitative estimate of drug-likeness (QED) is 0.855. The molecule has 1 amide bonds. The Kier molecular flexibility index (Phi) is 4.90. The van der Waals surface area contributed by atoms with Crippen LogP contribution in [0.5, 0.6) is 0 Å². The average molecular weight is 337 g/mol. The van der Waals surface area contributed by atoms with Crippen LogP contribution in [0.2, 0.25) is 0 Å². The summed E-state index contributed by atoms with van der Waals surface area (Å²) >= 11 is 2.96. The monoisotopic (exact) mass is 337 g/mol. The number of hydrogen-bond acceptors (Lipinski definition) is 3. The summed E-state index contributed by atoms with van der Waals surface area (Å²) in [7, 11) is 1.68. The van der Waals surface area contributed by atoms with E-state index in [0.717, 1.165) is 16.9 Å². The first-order valence-electron chi connectivity index (χ1n) is 6.93. The fourth-order valence-electron chi connectivity index (χ4n) is 1.91. The molecule has 0 aliphatic rings. The van der Waals surface area contributed by atoms with E-state index in [0.29, 0.717) is 4.50 Å². The van der Waals surface area contributed by atoms with E-state index >= 15 is 0 Å². The Bertz CT molecular complexity index is 671. The zero-order chi connectivity index (χ0) is 16.3. The Labute approximate surface area is 138 Å². The molecule has 2 aromatic rings. The van der Waals surface area contributed by atoms with Crippen molar-refractivity contribution in [3.63, 3.8) is 0 Å². The molecule has 0 spiro atoms. The third-order valence-electron chi connectivity index (χ3n) is 2.92. The number of hydrogen-bond donors (Lipinski definition) is 0. The zero-order valence-electron chi connectivity index (χ0n) is 13.1. The summed E-state index contributed by atoms with van der Waals surface area (Å²) in [6.07, 6.45) is 1.22. The van der Waals surface area contributed by atoms with Crippen LogP contribution in [0, 0.1) is 0 Å². The second kappa shape index (κ2) is 6.52. The Morgan fingerprint density at radius 3 is 2.45 bits per heavy atom. The Hall–Kier alpha value is -1.83. The van der Waals surface area contributed by atoms with Crippen molar-refractivity contribution in [1.29, 1.82) is 0 Å². The van der Waals surface area contributed by atoms with Crippen LogP contribution >= 0.6 is 0 Å². The van der Waals surface area contributed by atoms with Gasteiger partial charge in [0, 0.05) is 0 Å². The molecule has 0 aliphatic heterocycles. The van der Waals surface area contributed by atoms with Crippen LogP contribution in [-0.2, 0) is 20.6 Å². The standard InChI is InChI=1S/C17H19NO3.Cr/c1-17(2,3)21-16(19)18(4)12-13-8-5-6-9-14(13)15-10-7-11-20-15;/h5-11H,1-4H3;. The van der Waals surface area contributed by atoms with Crippen LogP contribution in [0.1, 0.15) is 26.3 Å². The number of nitrogens with zero attached hydrogens (tertiary/aromatic N) is 1. The summed E-state index contributed by atoms with van der Waals surface area (Å²) in [6.45, 7) is 5.53. The van der Waals surface area contributed by atoms with Crippen LogP contribution in [0.25, 0.3) is 11.3 Å². The normalized spacial score (nSPS) is 11.1. The average Bonchev–Trinajstić information content (AvgIpc) is 2.98. The molecule has 0 atom stereocenters. The third kappa shape index (κ3) is 3.88.